The van der Waals surface area contributed by atoms with Gasteiger partial charge in [0.2, 0.25) is 0 Å². The number of nitrogens with zero attached hydrogens (tertiary/aromatic N) is 4. The summed E-state index contributed by atoms with van der Waals surface area (Å²) in [4.78, 5) is 27.7. The van der Waals surface area contributed by atoms with Crippen LogP contribution in [0.4, 0.5) is 8.78 Å². The van der Waals surface area contributed by atoms with Crippen molar-refractivity contribution in [2.24, 2.45) is 0 Å². The summed E-state index contributed by atoms with van der Waals surface area (Å²) in [6.45, 7) is 1.87. The summed E-state index contributed by atoms with van der Waals surface area (Å²) in [5, 5.41) is 0. The molecule has 3 rings (SSSR count). The predicted molar refractivity (Wildman–Crippen MR) is 76.4 cm³/mol. The molecule has 3 aromatic rings. The van der Waals surface area contributed by atoms with Crippen molar-refractivity contribution in [3.63, 3.8) is 0 Å². The summed E-state index contributed by atoms with van der Waals surface area (Å²) >= 11 is 0. The first kappa shape index (κ1) is 14.9. The van der Waals surface area contributed by atoms with E-state index < -0.39 is 17.6 Å². The van der Waals surface area contributed by atoms with Crippen LogP contribution >= 0.6 is 0 Å². The number of ether oxygens (including phenoxy) is 1. The highest BCUT2D eigenvalue weighted by atomic mass is 19.1. The van der Waals surface area contributed by atoms with Crippen molar-refractivity contribution in [3.8, 4) is 11.3 Å². The van der Waals surface area contributed by atoms with Crippen molar-refractivity contribution >= 4 is 17.1 Å². The van der Waals surface area contributed by atoms with E-state index in [1.807, 2.05) is 0 Å². The molecule has 23 heavy (non-hydrogen) atoms. The smallest absolute Gasteiger partial charge is 0.358 e. The number of fused-ring (bicyclic) bond motifs is 1. The summed E-state index contributed by atoms with van der Waals surface area (Å²) in [7, 11) is 0. The number of carbonyl (C=O) groups excluding carboxylic acids is 1. The van der Waals surface area contributed by atoms with Gasteiger partial charge in [0, 0.05) is 11.6 Å². The Labute approximate surface area is 129 Å². The number of carbonyl (C=O) groups is 1. The zero-order valence-corrected chi connectivity index (χ0v) is 12.0. The lowest BCUT2D eigenvalue weighted by molar-refractivity contribution is 0.0519. The number of aromatic nitrogens is 4. The molecule has 0 spiro atoms. The van der Waals surface area contributed by atoms with Crippen molar-refractivity contribution < 1.29 is 18.3 Å². The van der Waals surface area contributed by atoms with Crippen LogP contribution in [0.5, 0.6) is 0 Å². The lowest BCUT2D eigenvalue weighted by atomic mass is 10.1. The van der Waals surface area contributed by atoms with Crippen LogP contribution in [-0.2, 0) is 4.74 Å². The van der Waals surface area contributed by atoms with Crippen LogP contribution in [0, 0.1) is 11.6 Å². The monoisotopic (exact) mass is 316 g/mol. The van der Waals surface area contributed by atoms with Crippen molar-refractivity contribution in [3.05, 3.63) is 48.1 Å². The quantitative estimate of drug-likeness (QED) is 0.691. The summed E-state index contributed by atoms with van der Waals surface area (Å²) in [6, 6.07) is 3.13. The fraction of sp³-hybridized carbons (Fsp3) is 0.133. The van der Waals surface area contributed by atoms with Crippen LogP contribution in [0.2, 0.25) is 0 Å². The maximum Gasteiger partial charge on any atom is 0.358 e. The minimum atomic E-state index is -0.777. The van der Waals surface area contributed by atoms with Gasteiger partial charge < -0.3 is 4.74 Å². The molecule has 0 N–H and O–H groups in total. The number of hydrogen-bond acceptors (Lipinski definition) is 6. The molecule has 0 bridgehead atoms. The second kappa shape index (κ2) is 5.99. The molecular formula is C15H10F2N4O2. The molecule has 0 saturated heterocycles. The van der Waals surface area contributed by atoms with Crippen LogP contribution in [0.3, 0.4) is 0 Å². The fourth-order valence-electron chi connectivity index (χ4n) is 2.02. The largest absolute Gasteiger partial charge is 0.461 e. The van der Waals surface area contributed by atoms with Gasteiger partial charge in [0.05, 0.1) is 12.8 Å². The molecule has 0 atom stereocenters. The van der Waals surface area contributed by atoms with Crippen LogP contribution in [0.1, 0.15) is 17.4 Å². The molecule has 116 valence electrons. The van der Waals surface area contributed by atoms with Crippen LogP contribution in [0.25, 0.3) is 22.4 Å². The number of halogens is 2. The second-order valence-electron chi connectivity index (χ2n) is 4.49. The zero-order chi connectivity index (χ0) is 16.4. The first-order valence-corrected chi connectivity index (χ1v) is 6.70. The Balaban J connectivity index is 2.14. The molecule has 0 aliphatic rings. The molecule has 6 nitrogen and oxygen atoms in total. The minimum Gasteiger partial charge on any atom is -0.461 e. The Kier molecular flexibility index (Phi) is 3.88. The lowest BCUT2D eigenvalue weighted by Crippen LogP contribution is -2.08. The zero-order valence-electron chi connectivity index (χ0n) is 12.0. The minimum absolute atomic E-state index is 0.0106. The molecule has 0 aliphatic carbocycles. The van der Waals surface area contributed by atoms with E-state index in [-0.39, 0.29) is 34.7 Å². The van der Waals surface area contributed by atoms with Crippen LogP contribution < -0.4 is 0 Å². The summed E-state index contributed by atoms with van der Waals surface area (Å²) in [6.07, 6.45) is 2.37. The van der Waals surface area contributed by atoms with Gasteiger partial charge in [-0.15, -0.1) is 0 Å². The van der Waals surface area contributed by atoms with E-state index in [0.29, 0.717) is 0 Å². The highest BCUT2D eigenvalue weighted by molar-refractivity contribution is 5.91. The third kappa shape index (κ3) is 2.83. The predicted octanol–water partition coefficient (Wildman–Crippen LogP) is 2.54. The molecule has 0 fully saturated rings. The van der Waals surface area contributed by atoms with Gasteiger partial charge in [-0.3, -0.25) is 0 Å². The van der Waals surface area contributed by atoms with E-state index in [9.17, 15) is 13.6 Å². The van der Waals surface area contributed by atoms with Crippen LogP contribution in [0.15, 0.2) is 30.7 Å². The Morgan fingerprint density at radius 1 is 1.22 bits per heavy atom. The Morgan fingerprint density at radius 3 is 2.78 bits per heavy atom. The van der Waals surface area contributed by atoms with E-state index in [0.717, 1.165) is 12.1 Å². The topological polar surface area (TPSA) is 77.9 Å². The van der Waals surface area contributed by atoms with E-state index >= 15 is 0 Å². The molecular weight excluding hydrogens is 306 g/mol. The molecule has 0 unspecified atom stereocenters. The number of esters is 1. The number of benzene rings is 1. The first-order valence-electron chi connectivity index (χ1n) is 6.70. The Hall–Kier alpha value is -3.03. The maximum atomic E-state index is 13.9. The Morgan fingerprint density at radius 2 is 2.04 bits per heavy atom. The Bertz CT molecular complexity index is 902. The molecule has 0 amide bonds. The van der Waals surface area contributed by atoms with E-state index in [4.69, 9.17) is 4.74 Å². The lowest BCUT2D eigenvalue weighted by Gasteiger charge is -2.06. The van der Waals surface area contributed by atoms with Crippen molar-refractivity contribution in [2.75, 3.05) is 6.61 Å². The molecule has 0 radical (unpaired) electrons. The van der Waals surface area contributed by atoms with Gasteiger partial charge in [-0.2, -0.15) is 0 Å². The van der Waals surface area contributed by atoms with E-state index in [1.54, 1.807) is 6.92 Å². The van der Waals surface area contributed by atoms with Crippen LogP contribution in [-0.4, -0.2) is 32.5 Å². The molecule has 2 heterocycles. The highest BCUT2D eigenvalue weighted by Crippen LogP contribution is 2.26. The van der Waals surface area contributed by atoms with Gasteiger partial charge >= 0.3 is 5.97 Å². The van der Waals surface area contributed by atoms with Gasteiger partial charge in [-0.25, -0.2) is 33.5 Å². The van der Waals surface area contributed by atoms with Crippen molar-refractivity contribution in [1.82, 2.24) is 19.9 Å². The molecule has 1 aromatic carbocycles. The highest BCUT2D eigenvalue weighted by Gasteiger charge is 2.16. The number of hydrogen-bond donors (Lipinski definition) is 0. The van der Waals surface area contributed by atoms with Gasteiger partial charge in [0.15, 0.2) is 11.3 Å². The second-order valence-corrected chi connectivity index (χ2v) is 4.49. The molecule has 0 saturated carbocycles. The number of rotatable bonds is 3. The average molecular weight is 316 g/mol. The van der Waals surface area contributed by atoms with Crippen molar-refractivity contribution in [2.45, 2.75) is 6.92 Å². The standard InChI is InChI=1S/C15H10F2N4O2/c1-2-23-15(22)11-6-18-13-12(19-7-20-14(13)21-11)9-4-3-8(16)5-10(9)17/h3-7H,2H2,1H3. The van der Waals surface area contributed by atoms with Gasteiger partial charge in [-0.1, -0.05) is 0 Å². The summed E-state index contributed by atoms with van der Waals surface area (Å²) in [5.41, 5.74) is 0.534. The SMILES string of the molecule is CCOC(=O)c1cnc2c(-c3ccc(F)cc3F)ncnc2n1. The fourth-order valence-corrected chi connectivity index (χ4v) is 2.02. The summed E-state index contributed by atoms with van der Waals surface area (Å²) in [5.74, 6) is -2.10. The molecule has 8 heteroatoms. The van der Waals surface area contributed by atoms with Gasteiger partial charge in [0.1, 0.15) is 29.2 Å². The maximum absolute atomic E-state index is 13.9. The first-order chi connectivity index (χ1) is 11.1. The van der Waals surface area contributed by atoms with Crippen molar-refractivity contribution in [1.29, 1.82) is 0 Å². The van der Waals surface area contributed by atoms with Gasteiger partial charge in [0.25, 0.3) is 0 Å². The molecule has 0 aliphatic heterocycles. The third-order valence-corrected chi connectivity index (χ3v) is 3.02. The van der Waals surface area contributed by atoms with E-state index in [1.165, 1.54) is 18.6 Å². The third-order valence-electron chi connectivity index (χ3n) is 3.02. The van der Waals surface area contributed by atoms with E-state index in [2.05, 4.69) is 19.9 Å². The summed E-state index contributed by atoms with van der Waals surface area (Å²) < 4.78 is 31.8. The average Bonchev–Trinajstić information content (AvgIpc) is 2.54. The van der Waals surface area contributed by atoms with Gasteiger partial charge in [-0.05, 0) is 19.1 Å². The molecule has 2 aromatic heterocycles. The normalized spacial score (nSPS) is 10.7.